The van der Waals surface area contributed by atoms with Gasteiger partial charge in [0, 0.05) is 17.9 Å². The van der Waals surface area contributed by atoms with Crippen LogP contribution in [-0.4, -0.2) is 30.0 Å². The van der Waals surface area contributed by atoms with E-state index >= 15 is 0 Å². The molecule has 0 aliphatic carbocycles. The van der Waals surface area contributed by atoms with Crippen LogP contribution in [0.25, 0.3) is 5.95 Å². The van der Waals surface area contributed by atoms with Crippen molar-refractivity contribution < 1.29 is 0 Å². The summed E-state index contributed by atoms with van der Waals surface area (Å²) in [5, 5.41) is 3.48. The van der Waals surface area contributed by atoms with Crippen LogP contribution in [-0.2, 0) is 0 Å². The van der Waals surface area contributed by atoms with Gasteiger partial charge in [-0.1, -0.05) is 13.8 Å². The molecule has 0 atom stereocenters. The zero-order valence-corrected chi connectivity index (χ0v) is 12.0. The number of anilines is 1. The zero-order valence-electron chi connectivity index (χ0n) is 11.3. The maximum Gasteiger partial charge on any atom is 0.241 e. The van der Waals surface area contributed by atoms with Crippen molar-refractivity contribution >= 4 is 17.5 Å². The van der Waals surface area contributed by atoms with E-state index in [0.29, 0.717) is 11.9 Å². The number of aromatic nitrogens is 5. The minimum absolute atomic E-state index is 0.0586. The molecule has 7 heteroatoms. The number of nitrogens with one attached hydrogen (secondary N) is 1. The van der Waals surface area contributed by atoms with Crippen molar-refractivity contribution in [2.45, 2.75) is 39.2 Å². The highest BCUT2D eigenvalue weighted by Crippen LogP contribution is 2.20. The molecule has 0 fully saturated rings. The van der Waals surface area contributed by atoms with E-state index in [2.05, 4.69) is 46.0 Å². The van der Waals surface area contributed by atoms with Crippen molar-refractivity contribution in [1.29, 1.82) is 0 Å². The summed E-state index contributed by atoms with van der Waals surface area (Å²) in [7, 11) is 0. The van der Waals surface area contributed by atoms with Crippen molar-refractivity contribution in [3.05, 3.63) is 24.0 Å². The van der Waals surface area contributed by atoms with Crippen LogP contribution < -0.4 is 5.32 Å². The quantitative estimate of drug-likeness (QED) is 0.912. The van der Waals surface area contributed by atoms with Crippen molar-refractivity contribution in [1.82, 2.24) is 24.5 Å². The Morgan fingerprint density at radius 1 is 1.26 bits per heavy atom. The van der Waals surface area contributed by atoms with E-state index in [0.717, 1.165) is 12.8 Å². The van der Waals surface area contributed by atoms with Crippen molar-refractivity contribution in [3.8, 4) is 5.95 Å². The summed E-state index contributed by atoms with van der Waals surface area (Å²) in [6.45, 7) is 6.37. The molecular formula is C12H17ClN6. The van der Waals surface area contributed by atoms with Crippen LogP contribution in [0.3, 0.4) is 0 Å². The summed E-state index contributed by atoms with van der Waals surface area (Å²) in [5.41, 5.74) is -0.0586. The predicted octanol–water partition coefficient (Wildman–Crippen LogP) is 2.70. The Labute approximate surface area is 117 Å². The lowest BCUT2D eigenvalue weighted by molar-refractivity contribution is 0.474. The number of hydrogen-bond donors (Lipinski definition) is 1. The summed E-state index contributed by atoms with van der Waals surface area (Å²) in [4.78, 5) is 16.5. The van der Waals surface area contributed by atoms with Crippen molar-refractivity contribution in [3.63, 3.8) is 0 Å². The average Bonchev–Trinajstić information content (AvgIpc) is 2.92. The van der Waals surface area contributed by atoms with Gasteiger partial charge in [-0.25, -0.2) is 4.98 Å². The molecule has 0 bridgehead atoms. The number of halogens is 1. The topological polar surface area (TPSA) is 68.5 Å². The Bertz CT molecular complexity index is 535. The van der Waals surface area contributed by atoms with Gasteiger partial charge in [0.1, 0.15) is 6.33 Å². The van der Waals surface area contributed by atoms with Crippen LogP contribution in [0.4, 0.5) is 5.95 Å². The fourth-order valence-corrected chi connectivity index (χ4v) is 1.74. The monoisotopic (exact) mass is 280 g/mol. The summed E-state index contributed by atoms with van der Waals surface area (Å²) in [6, 6.07) is 0. The molecule has 2 aromatic rings. The molecule has 0 aromatic carbocycles. The Morgan fingerprint density at radius 2 is 2.00 bits per heavy atom. The van der Waals surface area contributed by atoms with Crippen LogP contribution in [0.2, 0.25) is 5.28 Å². The van der Waals surface area contributed by atoms with Crippen LogP contribution in [0.15, 0.2) is 18.7 Å². The smallest absolute Gasteiger partial charge is 0.241 e. The second-order valence-electron chi connectivity index (χ2n) is 4.59. The molecule has 0 saturated heterocycles. The first-order chi connectivity index (χ1) is 9.06. The second kappa shape index (κ2) is 5.52. The van der Waals surface area contributed by atoms with E-state index < -0.39 is 0 Å². The number of nitrogens with zero attached hydrogens (tertiary/aromatic N) is 5. The maximum atomic E-state index is 5.95. The lowest BCUT2D eigenvalue weighted by Crippen LogP contribution is -2.34. The molecule has 0 aliphatic heterocycles. The Balaban J connectivity index is 2.32. The molecule has 0 unspecified atom stereocenters. The molecular weight excluding hydrogens is 264 g/mol. The Morgan fingerprint density at radius 3 is 2.58 bits per heavy atom. The average molecular weight is 281 g/mol. The van der Waals surface area contributed by atoms with Gasteiger partial charge < -0.3 is 5.32 Å². The van der Waals surface area contributed by atoms with E-state index in [4.69, 9.17) is 11.6 Å². The highest BCUT2D eigenvalue weighted by atomic mass is 35.5. The van der Waals surface area contributed by atoms with Gasteiger partial charge >= 0.3 is 0 Å². The van der Waals surface area contributed by atoms with Gasteiger partial charge in [-0.3, -0.25) is 4.57 Å². The maximum absolute atomic E-state index is 5.95. The van der Waals surface area contributed by atoms with Gasteiger partial charge in [0.05, 0.1) is 0 Å². The van der Waals surface area contributed by atoms with Crippen molar-refractivity contribution in [2.75, 3.05) is 5.32 Å². The summed E-state index contributed by atoms with van der Waals surface area (Å²) in [5.74, 6) is 0.935. The fraction of sp³-hybridized carbons (Fsp3) is 0.500. The molecule has 19 heavy (non-hydrogen) atoms. The molecule has 0 amide bonds. The number of rotatable bonds is 5. The number of imidazole rings is 1. The van der Waals surface area contributed by atoms with Crippen LogP contribution >= 0.6 is 11.6 Å². The second-order valence-corrected chi connectivity index (χ2v) is 4.93. The van der Waals surface area contributed by atoms with Gasteiger partial charge in [0.2, 0.25) is 17.2 Å². The SMILES string of the molecule is CCC(C)(CC)Nc1nc(Cl)nc(-n2ccnc2)n1. The van der Waals surface area contributed by atoms with E-state index in [9.17, 15) is 0 Å². The van der Waals surface area contributed by atoms with Gasteiger partial charge in [0.25, 0.3) is 0 Å². The summed E-state index contributed by atoms with van der Waals surface area (Å²) < 4.78 is 1.69. The molecule has 102 valence electrons. The predicted molar refractivity (Wildman–Crippen MR) is 74.6 cm³/mol. The molecule has 1 N–H and O–H groups in total. The zero-order chi connectivity index (χ0) is 13.9. The summed E-state index contributed by atoms with van der Waals surface area (Å²) in [6.07, 6.45) is 6.97. The van der Waals surface area contributed by atoms with Gasteiger partial charge in [-0.05, 0) is 31.4 Å². The van der Waals surface area contributed by atoms with E-state index in [1.54, 1.807) is 23.3 Å². The van der Waals surface area contributed by atoms with E-state index in [1.807, 2.05) is 0 Å². The Hall–Kier alpha value is -1.69. The highest BCUT2D eigenvalue weighted by molar-refractivity contribution is 6.28. The minimum Gasteiger partial charge on any atom is -0.349 e. The van der Waals surface area contributed by atoms with E-state index in [-0.39, 0.29) is 10.8 Å². The Kier molecular flexibility index (Phi) is 3.99. The highest BCUT2D eigenvalue weighted by Gasteiger charge is 2.21. The van der Waals surface area contributed by atoms with Gasteiger partial charge in [0.15, 0.2) is 0 Å². The largest absolute Gasteiger partial charge is 0.349 e. The first kappa shape index (κ1) is 13.7. The molecule has 6 nitrogen and oxygen atoms in total. The molecule has 2 rings (SSSR count). The third-order valence-electron chi connectivity index (χ3n) is 3.31. The number of hydrogen-bond acceptors (Lipinski definition) is 5. The van der Waals surface area contributed by atoms with Gasteiger partial charge in [-0.2, -0.15) is 15.0 Å². The van der Waals surface area contributed by atoms with E-state index in [1.165, 1.54) is 0 Å². The van der Waals surface area contributed by atoms with Crippen molar-refractivity contribution in [2.24, 2.45) is 0 Å². The standard InChI is InChI=1S/C12H17ClN6/c1-4-12(3,5-2)18-10-15-9(13)16-11(17-10)19-7-6-14-8-19/h6-8H,4-5H2,1-3H3,(H,15,16,17,18). The first-order valence-electron chi connectivity index (χ1n) is 6.24. The first-order valence-corrected chi connectivity index (χ1v) is 6.62. The molecule has 0 saturated carbocycles. The summed E-state index contributed by atoms with van der Waals surface area (Å²) >= 11 is 5.95. The lowest BCUT2D eigenvalue weighted by atomic mass is 9.96. The molecule has 0 spiro atoms. The normalized spacial score (nSPS) is 11.6. The van der Waals surface area contributed by atoms with Crippen LogP contribution in [0.5, 0.6) is 0 Å². The third-order valence-corrected chi connectivity index (χ3v) is 3.47. The van der Waals surface area contributed by atoms with Crippen LogP contribution in [0, 0.1) is 0 Å². The molecule has 0 radical (unpaired) electrons. The third kappa shape index (κ3) is 3.20. The minimum atomic E-state index is -0.0586. The molecule has 2 aromatic heterocycles. The lowest BCUT2D eigenvalue weighted by Gasteiger charge is -2.28. The fourth-order valence-electron chi connectivity index (χ4n) is 1.59. The van der Waals surface area contributed by atoms with Gasteiger partial charge in [-0.15, -0.1) is 0 Å². The molecule has 2 heterocycles. The van der Waals surface area contributed by atoms with Crippen LogP contribution in [0.1, 0.15) is 33.6 Å². The molecule has 0 aliphatic rings.